The normalized spacial score (nSPS) is 14.8. The number of rotatable bonds is 15. The van der Waals surface area contributed by atoms with Gasteiger partial charge in [0.2, 0.25) is 0 Å². The van der Waals surface area contributed by atoms with Gasteiger partial charge in [-0.05, 0) is 75.2 Å². The summed E-state index contributed by atoms with van der Waals surface area (Å²) in [6.45, 7) is 7.05. The first-order valence-electron chi connectivity index (χ1n) is 14.3. The molecule has 1 fully saturated rings. The molecule has 0 radical (unpaired) electrons. The van der Waals surface area contributed by atoms with E-state index < -0.39 is 18.0 Å². The number of carbonyl (C=O) groups excluding carboxylic acids is 2. The van der Waals surface area contributed by atoms with Crippen molar-refractivity contribution in [2.75, 3.05) is 51.8 Å². The number of anilines is 1. The minimum absolute atomic E-state index is 0.107. The number of benzene rings is 2. The van der Waals surface area contributed by atoms with Crippen molar-refractivity contribution in [3.05, 3.63) is 60.4 Å². The van der Waals surface area contributed by atoms with E-state index in [0.29, 0.717) is 23.8 Å². The molecule has 11 nitrogen and oxygen atoms in total. The largest absolute Gasteiger partial charge is 0.497 e. The lowest BCUT2D eigenvalue weighted by molar-refractivity contribution is -0.137. The monoisotopic (exact) mass is 579 g/mol. The van der Waals surface area contributed by atoms with E-state index in [0.717, 1.165) is 36.3 Å². The topological polar surface area (TPSA) is 129 Å². The number of urea groups is 1. The lowest BCUT2D eigenvalue weighted by Crippen LogP contribution is -2.38. The van der Waals surface area contributed by atoms with Crippen LogP contribution in [-0.4, -0.2) is 95.6 Å². The number of aromatic amines is 1. The summed E-state index contributed by atoms with van der Waals surface area (Å²) in [5.41, 5.74) is 3.24. The molecule has 1 aromatic heterocycles. The molecule has 42 heavy (non-hydrogen) atoms. The molecule has 2 unspecified atom stereocenters. The molecule has 11 heteroatoms. The smallest absolute Gasteiger partial charge is 0.322 e. The van der Waals surface area contributed by atoms with Crippen LogP contribution in [0.1, 0.15) is 32.3 Å². The van der Waals surface area contributed by atoms with Gasteiger partial charge < -0.3 is 29.5 Å². The van der Waals surface area contributed by atoms with Crippen LogP contribution in [-0.2, 0) is 16.1 Å². The van der Waals surface area contributed by atoms with Crippen LogP contribution in [0, 0.1) is 0 Å². The first-order chi connectivity index (χ1) is 20.3. The minimum atomic E-state index is -1.12. The quantitative estimate of drug-likeness (QED) is 0.247. The molecule has 3 N–H and O–H groups in total. The van der Waals surface area contributed by atoms with Gasteiger partial charge in [0.05, 0.1) is 25.6 Å². The van der Waals surface area contributed by atoms with E-state index in [9.17, 15) is 14.7 Å². The summed E-state index contributed by atoms with van der Waals surface area (Å²) in [5, 5.41) is 19.5. The first-order valence-corrected chi connectivity index (χ1v) is 14.3. The number of hydrogen-bond acceptors (Lipinski definition) is 8. The predicted molar refractivity (Wildman–Crippen MR) is 160 cm³/mol. The second-order valence-electron chi connectivity index (χ2n) is 10.4. The zero-order chi connectivity index (χ0) is 29.9. The zero-order valence-corrected chi connectivity index (χ0v) is 24.5. The van der Waals surface area contributed by atoms with Gasteiger partial charge in [-0.3, -0.25) is 14.8 Å². The molecule has 1 aliphatic rings. The number of amides is 2. The van der Waals surface area contributed by atoms with Gasteiger partial charge in [0.15, 0.2) is 5.78 Å². The highest BCUT2D eigenvalue weighted by molar-refractivity contribution is 5.91. The van der Waals surface area contributed by atoms with Crippen molar-refractivity contribution in [3.63, 3.8) is 0 Å². The van der Waals surface area contributed by atoms with E-state index >= 15 is 0 Å². The van der Waals surface area contributed by atoms with Crippen molar-refractivity contribution < 1.29 is 28.9 Å². The van der Waals surface area contributed by atoms with Crippen LogP contribution in [0.15, 0.2) is 54.9 Å². The molecule has 0 saturated carbocycles. The molecule has 0 spiro atoms. The summed E-state index contributed by atoms with van der Waals surface area (Å²) in [4.78, 5) is 29.7. The van der Waals surface area contributed by atoms with Crippen molar-refractivity contribution in [1.82, 2.24) is 20.0 Å². The Kier molecular flexibility index (Phi) is 11.3. The summed E-state index contributed by atoms with van der Waals surface area (Å²) < 4.78 is 17.2. The van der Waals surface area contributed by atoms with E-state index in [4.69, 9.17) is 14.2 Å². The average Bonchev–Trinajstić information content (AvgIpc) is 3.72. The molecule has 1 saturated heterocycles. The summed E-state index contributed by atoms with van der Waals surface area (Å²) in [6.07, 6.45) is 4.04. The number of aliphatic hydroxyl groups is 1. The maximum atomic E-state index is 13.7. The number of ketones is 1. The molecular weight excluding hydrogens is 538 g/mol. The van der Waals surface area contributed by atoms with Gasteiger partial charge >= 0.3 is 6.03 Å². The molecule has 0 bridgehead atoms. The third-order valence-electron chi connectivity index (χ3n) is 7.25. The van der Waals surface area contributed by atoms with Gasteiger partial charge in [-0.1, -0.05) is 18.2 Å². The SMILES string of the molecule is COc1cccc(CN(CCOC(C)C(=O)C(C)O)C(=O)Nc2ccc(-c3cn[nH]c3)cc2OCCN2CCCC2)c1. The van der Waals surface area contributed by atoms with Crippen molar-refractivity contribution in [1.29, 1.82) is 0 Å². The lowest BCUT2D eigenvalue weighted by atomic mass is 10.1. The van der Waals surface area contributed by atoms with Crippen LogP contribution >= 0.6 is 0 Å². The maximum absolute atomic E-state index is 13.7. The predicted octanol–water partition coefficient (Wildman–Crippen LogP) is 3.95. The number of Topliss-reactive ketones (excluding diaryl/α,β-unsaturated/α-hetero) is 1. The first kappa shape index (κ1) is 31.0. The third-order valence-corrected chi connectivity index (χ3v) is 7.25. The van der Waals surface area contributed by atoms with Gasteiger partial charge in [0.25, 0.3) is 0 Å². The molecule has 2 amide bonds. The van der Waals surface area contributed by atoms with Crippen molar-refractivity contribution in [2.24, 2.45) is 0 Å². The Hall–Kier alpha value is -3.93. The average molecular weight is 580 g/mol. The van der Waals surface area contributed by atoms with Crippen LogP contribution in [0.2, 0.25) is 0 Å². The van der Waals surface area contributed by atoms with Crippen LogP contribution in [0.5, 0.6) is 11.5 Å². The standard InChI is InChI=1S/C31H41N5O6/c1-22(37)30(38)23(2)41-16-14-36(21-24-7-6-8-27(17-24)40-3)31(39)34-28-10-9-25(26-19-32-33-20-26)18-29(28)42-15-13-35-11-4-5-12-35/h6-10,17-20,22-23,37H,4-5,11-16,21H2,1-3H3,(H,32,33)(H,34,39). The number of H-pyrrole nitrogens is 1. The number of methoxy groups -OCH3 is 1. The Labute approximate surface area is 246 Å². The number of carbonyl (C=O) groups is 2. The Balaban J connectivity index is 1.50. The maximum Gasteiger partial charge on any atom is 0.322 e. The molecule has 3 aromatic rings. The summed E-state index contributed by atoms with van der Waals surface area (Å²) in [7, 11) is 1.59. The van der Waals surface area contributed by atoms with Crippen molar-refractivity contribution in [2.45, 2.75) is 45.4 Å². The lowest BCUT2D eigenvalue weighted by Gasteiger charge is -2.25. The van der Waals surface area contributed by atoms with E-state index in [1.807, 2.05) is 42.5 Å². The van der Waals surface area contributed by atoms with Gasteiger partial charge in [-0.2, -0.15) is 5.10 Å². The minimum Gasteiger partial charge on any atom is -0.497 e. The second kappa shape index (κ2) is 15.3. The molecule has 0 aliphatic carbocycles. The number of nitrogens with zero attached hydrogens (tertiary/aromatic N) is 3. The van der Waals surface area contributed by atoms with Gasteiger partial charge in [0.1, 0.15) is 30.3 Å². The number of nitrogens with one attached hydrogen (secondary N) is 2. The fourth-order valence-corrected chi connectivity index (χ4v) is 4.82. The van der Waals surface area contributed by atoms with E-state index in [1.54, 1.807) is 31.3 Å². The second-order valence-corrected chi connectivity index (χ2v) is 10.4. The zero-order valence-electron chi connectivity index (χ0n) is 24.5. The van der Waals surface area contributed by atoms with E-state index in [-0.39, 0.29) is 25.7 Å². The van der Waals surface area contributed by atoms with Crippen LogP contribution < -0.4 is 14.8 Å². The fourth-order valence-electron chi connectivity index (χ4n) is 4.82. The molecular formula is C31H41N5O6. The third kappa shape index (κ3) is 8.78. The van der Waals surface area contributed by atoms with Gasteiger partial charge in [-0.25, -0.2) is 4.79 Å². The number of aliphatic hydroxyl groups excluding tert-OH is 1. The Bertz CT molecular complexity index is 1290. The van der Waals surface area contributed by atoms with Crippen LogP contribution in [0.4, 0.5) is 10.5 Å². The van der Waals surface area contributed by atoms with Crippen LogP contribution in [0.25, 0.3) is 11.1 Å². The number of hydrogen-bond donors (Lipinski definition) is 3. The molecule has 2 heterocycles. The number of aromatic nitrogens is 2. The summed E-state index contributed by atoms with van der Waals surface area (Å²) >= 11 is 0. The fraction of sp³-hybridized carbons (Fsp3) is 0.452. The van der Waals surface area contributed by atoms with Gasteiger partial charge in [-0.15, -0.1) is 0 Å². The van der Waals surface area contributed by atoms with Crippen molar-refractivity contribution >= 4 is 17.5 Å². The number of likely N-dealkylation sites (tertiary alicyclic amines) is 1. The van der Waals surface area contributed by atoms with E-state index in [2.05, 4.69) is 20.4 Å². The molecule has 226 valence electrons. The number of ether oxygens (including phenoxy) is 3. The molecule has 4 rings (SSSR count). The highest BCUT2D eigenvalue weighted by atomic mass is 16.5. The molecule has 2 atom stereocenters. The van der Waals surface area contributed by atoms with Gasteiger partial charge in [0, 0.05) is 31.4 Å². The highest BCUT2D eigenvalue weighted by Gasteiger charge is 2.21. The van der Waals surface area contributed by atoms with Crippen LogP contribution in [0.3, 0.4) is 0 Å². The Morgan fingerprint density at radius 1 is 1.12 bits per heavy atom. The molecule has 1 aliphatic heterocycles. The summed E-state index contributed by atoms with van der Waals surface area (Å²) in [5.74, 6) is 0.839. The highest BCUT2D eigenvalue weighted by Crippen LogP contribution is 2.31. The van der Waals surface area contributed by atoms with Crippen molar-refractivity contribution in [3.8, 4) is 22.6 Å². The Morgan fingerprint density at radius 3 is 2.64 bits per heavy atom. The Morgan fingerprint density at radius 2 is 1.93 bits per heavy atom. The molecule has 2 aromatic carbocycles. The summed E-state index contributed by atoms with van der Waals surface area (Å²) in [6, 6.07) is 12.8. The van der Waals surface area contributed by atoms with E-state index in [1.165, 1.54) is 19.8 Å².